The summed E-state index contributed by atoms with van der Waals surface area (Å²) >= 11 is 1.55. The molecule has 1 N–H and O–H groups in total. The smallest absolute Gasteiger partial charge is 0.312 e. The van der Waals surface area contributed by atoms with Gasteiger partial charge in [-0.3, -0.25) is 19.6 Å². The van der Waals surface area contributed by atoms with Crippen LogP contribution in [-0.2, 0) is 11.3 Å². The third kappa shape index (κ3) is 4.35. The first-order valence-electron chi connectivity index (χ1n) is 8.26. The van der Waals surface area contributed by atoms with E-state index in [0.29, 0.717) is 17.1 Å². The van der Waals surface area contributed by atoms with Crippen LogP contribution in [0.25, 0.3) is 0 Å². The van der Waals surface area contributed by atoms with Gasteiger partial charge in [-0.2, -0.15) is 5.10 Å². The highest BCUT2D eigenvalue weighted by Crippen LogP contribution is 2.33. The van der Waals surface area contributed by atoms with Crippen LogP contribution in [0.1, 0.15) is 11.4 Å². The first kappa shape index (κ1) is 18.7. The lowest BCUT2D eigenvalue weighted by atomic mass is 10.3. The third-order valence-electron chi connectivity index (χ3n) is 3.95. The molecule has 0 aliphatic carbocycles. The summed E-state index contributed by atoms with van der Waals surface area (Å²) in [7, 11) is 0. The van der Waals surface area contributed by atoms with E-state index in [1.165, 1.54) is 4.68 Å². The maximum absolute atomic E-state index is 12.5. The molecule has 1 aromatic heterocycles. The summed E-state index contributed by atoms with van der Waals surface area (Å²) < 4.78 is 1.36. The van der Waals surface area contributed by atoms with Crippen LogP contribution in [0.5, 0.6) is 0 Å². The number of para-hydroxylation sites is 1. The van der Waals surface area contributed by atoms with Crippen LogP contribution in [0.15, 0.2) is 64.4 Å². The lowest BCUT2D eigenvalue weighted by molar-refractivity contribution is -0.386. The van der Waals surface area contributed by atoms with Crippen molar-refractivity contribution in [2.45, 2.75) is 30.2 Å². The number of benzene rings is 2. The lowest BCUT2D eigenvalue weighted by Gasteiger charge is -2.11. The van der Waals surface area contributed by atoms with Crippen molar-refractivity contribution in [3.8, 4) is 0 Å². The largest absolute Gasteiger partial charge is 0.323 e. The van der Waals surface area contributed by atoms with Crippen LogP contribution in [0.2, 0.25) is 0 Å². The number of amides is 1. The highest BCUT2D eigenvalue weighted by atomic mass is 32.2. The van der Waals surface area contributed by atoms with Gasteiger partial charge >= 0.3 is 5.69 Å². The maximum atomic E-state index is 12.5. The lowest BCUT2D eigenvalue weighted by Crippen LogP contribution is -2.20. The van der Waals surface area contributed by atoms with Gasteiger partial charge in [0.15, 0.2) is 0 Å². The van der Waals surface area contributed by atoms with Gasteiger partial charge in [0.05, 0.1) is 10.6 Å². The molecule has 0 bridgehead atoms. The first-order chi connectivity index (χ1) is 13.0. The normalized spacial score (nSPS) is 10.6. The van der Waals surface area contributed by atoms with Crippen molar-refractivity contribution < 1.29 is 9.72 Å². The van der Waals surface area contributed by atoms with E-state index in [0.717, 1.165) is 9.79 Å². The number of nitro groups is 1. The van der Waals surface area contributed by atoms with Gasteiger partial charge < -0.3 is 5.32 Å². The molecule has 0 spiro atoms. The molecule has 0 saturated heterocycles. The summed E-state index contributed by atoms with van der Waals surface area (Å²) in [5.41, 5.74) is 1.29. The number of hydrogen-bond donors (Lipinski definition) is 1. The second kappa shape index (κ2) is 8.05. The number of nitrogens with zero attached hydrogens (tertiary/aromatic N) is 3. The minimum Gasteiger partial charge on any atom is -0.323 e. The van der Waals surface area contributed by atoms with Crippen molar-refractivity contribution in [1.82, 2.24) is 9.78 Å². The van der Waals surface area contributed by atoms with Gasteiger partial charge in [-0.25, -0.2) is 0 Å². The van der Waals surface area contributed by atoms with Crippen molar-refractivity contribution in [2.24, 2.45) is 0 Å². The Hall–Kier alpha value is -3.13. The van der Waals surface area contributed by atoms with Gasteiger partial charge in [0.2, 0.25) is 5.91 Å². The average Bonchev–Trinajstić information content (AvgIpc) is 2.91. The van der Waals surface area contributed by atoms with E-state index in [2.05, 4.69) is 10.4 Å². The molecule has 0 unspecified atom stereocenters. The minimum atomic E-state index is -0.474. The SMILES string of the molecule is Cc1nn(CC(=O)Nc2ccccc2Sc2ccccc2)c(C)c1[N+](=O)[O-]. The Kier molecular flexibility index (Phi) is 5.56. The highest BCUT2D eigenvalue weighted by molar-refractivity contribution is 7.99. The van der Waals surface area contributed by atoms with E-state index in [-0.39, 0.29) is 18.1 Å². The molecule has 0 fully saturated rings. The van der Waals surface area contributed by atoms with Gasteiger partial charge in [0.1, 0.15) is 17.9 Å². The number of anilines is 1. The van der Waals surface area contributed by atoms with Gasteiger partial charge in [0, 0.05) is 9.79 Å². The van der Waals surface area contributed by atoms with E-state index >= 15 is 0 Å². The summed E-state index contributed by atoms with van der Waals surface area (Å²) in [4.78, 5) is 25.1. The molecule has 3 aromatic rings. The Bertz CT molecular complexity index is 986. The minimum absolute atomic E-state index is 0.0529. The van der Waals surface area contributed by atoms with Crippen LogP contribution in [0, 0.1) is 24.0 Å². The number of aryl methyl sites for hydroxylation is 1. The van der Waals surface area contributed by atoms with Crippen molar-refractivity contribution in [1.29, 1.82) is 0 Å². The highest BCUT2D eigenvalue weighted by Gasteiger charge is 2.22. The summed E-state index contributed by atoms with van der Waals surface area (Å²) in [6.45, 7) is 3.06. The summed E-state index contributed by atoms with van der Waals surface area (Å²) in [5.74, 6) is -0.295. The topological polar surface area (TPSA) is 90.1 Å². The monoisotopic (exact) mass is 382 g/mol. The Morgan fingerprint density at radius 2 is 1.81 bits per heavy atom. The molecule has 0 radical (unpaired) electrons. The summed E-state index contributed by atoms with van der Waals surface area (Å²) in [6.07, 6.45) is 0. The van der Waals surface area contributed by atoms with Crippen molar-refractivity contribution in [3.05, 3.63) is 76.1 Å². The predicted molar refractivity (Wildman–Crippen MR) is 104 cm³/mol. The van der Waals surface area contributed by atoms with Crippen LogP contribution >= 0.6 is 11.8 Å². The fraction of sp³-hybridized carbons (Fsp3) is 0.158. The molecule has 8 heteroatoms. The van der Waals surface area contributed by atoms with Gasteiger partial charge in [0.25, 0.3) is 0 Å². The summed E-state index contributed by atoms with van der Waals surface area (Å²) in [6, 6.07) is 17.4. The van der Waals surface area contributed by atoms with E-state index in [1.807, 2.05) is 54.6 Å². The molecular formula is C19H18N4O3S. The fourth-order valence-corrected chi connectivity index (χ4v) is 3.63. The van der Waals surface area contributed by atoms with Crippen LogP contribution in [0.3, 0.4) is 0 Å². The Morgan fingerprint density at radius 3 is 2.48 bits per heavy atom. The standard InChI is InChI=1S/C19H18N4O3S/c1-13-19(23(25)26)14(2)22(21-13)12-18(24)20-16-10-6-7-11-17(16)27-15-8-4-3-5-9-15/h3-11H,12H2,1-2H3,(H,20,24). The zero-order valence-corrected chi connectivity index (χ0v) is 15.7. The molecule has 3 rings (SSSR count). The van der Waals surface area contributed by atoms with E-state index in [4.69, 9.17) is 0 Å². The van der Waals surface area contributed by atoms with Gasteiger partial charge in [-0.15, -0.1) is 0 Å². The van der Waals surface area contributed by atoms with Gasteiger partial charge in [-0.1, -0.05) is 42.1 Å². The molecule has 138 valence electrons. The molecule has 0 aliphatic rings. The Balaban J connectivity index is 1.76. The zero-order valence-electron chi connectivity index (χ0n) is 14.9. The van der Waals surface area contributed by atoms with Crippen molar-refractivity contribution in [3.63, 3.8) is 0 Å². The number of rotatable bonds is 6. The van der Waals surface area contributed by atoms with Gasteiger partial charge in [-0.05, 0) is 38.1 Å². The second-order valence-corrected chi connectivity index (χ2v) is 7.01. The molecule has 1 amide bonds. The van der Waals surface area contributed by atoms with E-state index in [1.54, 1.807) is 25.6 Å². The second-order valence-electron chi connectivity index (χ2n) is 5.89. The molecule has 0 aliphatic heterocycles. The molecule has 0 saturated carbocycles. The van der Waals surface area contributed by atoms with Crippen LogP contribution < -0.4 is 5.32 Å². The summed E-state index contributed by atoms with van der Waals surface area (Å²) in [5, 5.41) is 18.1. The van der Waals surface area contributed by atoms with Crippen LogP contribution in [-0.4, -0.2) is 20.6 Å². The maximum Gasteiger partial charge on any atom is 0.312 e. The number of carbonyl (C=O) groups excluding carboxylic acids is 1. The zero-order chi connectivity index (χ0) is 19.4. The third-order valence-corrected chi connectivity index (χ3v) is 5.04. The van der Waals surface area contributed by atoms with E-state index in [9.17, 15) is 14.9 Å². The Morgan fingerprint density at radius 1 is 1.15 bits per heavy atom. The van der Waals surface area contributed by atoms with E-state index < -0.39 is 4.92 Å². The Labute approximate surface area is 160 Å². The molecular weight excluding hydrogens is 364 g/mol. The van der Waals surface area contributed by atoms with Crippen molar-refractivity contribution in [2.75, 3.05) is 5.32 Å². The molecule has 7 nitrogen and oxygen atoms in total. The molecule has 27 heavy (non-hydrogen) atoms. The predicted octanol–water partition coefficient (Wildman–Crippen LogP) is 4.20. The molecule has 2 aromatic carbocycles. The number of hydrogen-bond acceptors (Lipinski definition) is 5. The number of carbonyl (C=O) groups is 1. The van der Waals surface area contributed by atoms with Crippen LogP contribution in [0.4, 0.5) is 11.4 Å². The molecule has 1 heterocycles. The molecule has 0 atom stereocenters. The number of nitrogens with one attached hydrogen (secondary N) is 1. The number of aromatic nitrogens is 2. The first-order valence-corrected chi connectivity index (χ1v) is 9.07. The fourth-order valence-electron chi connectivity index (χ4n) is 2.71. The quantitative estimate of drug-likeness (QED) is 0.510. The average molecular weight is 382 g/mol. The van der Waals surface area contributed by atoms with Crippen molar-refractivity contribution >= 4 is 29.0 Å².